The number of hydrogen-bond donors (Lipinski definition) is 0. The van der Waals surface area contributed by atoms with Crippen LogP contribution in [0.25, 0.3) is 16.7 Å². The zero-order valence-electron chi connectivity index (χ0n) is 31.5. The largest absolute Gasteiger partial charge is 0.462 e. The van der Waals surface area contributed by atoms with Gasteiger partial charge in [0.25, 0.3) is 0 Å². The molecule has 0 N–H and O–H groups in total. The van der Waals surface area contributed by atoms with Crippen molar-refractivity contribution in [3.05, 3.63) is 99.1 Å². The van der Waals surface area contributed by atoms with Gasteiger partial charge in [0.15, 0.2) is 5.54 Å². The standard InChI is InChI=1S/C41H49N2O3.ClHO4/c1-12-42-33-20-35-31(18-29(33)25(3)22-40(42,8)9)37(27-16-14-15-17-28(27)38(44)45-24-39(5,6)7)32-19-30-26(4)23-41(10,11)43(13-2)34(30)21-36(32)46-35;2-1(3,4)5/h14-23H,12-13,24H2,1-11H3;(H,2,3,4,5)/q+1;/p-1. The van der Waals surface area contributed by atoms with E-state index in [0.29, 0.717) is 12.2 Å². The van der Waals surface area contributed by atoms with E-state index in [1.807, 2.05) is 18.2 Å². The first-order chi connectivity index (χ1) is 23.6. The molecular formula is C41H49ClN2O7. The van der Waals surface area contributed by atoms with Crippen molar-refractivity contribution in [2.24, 2.45) is 5.41 Å². The van der Waals surface area contributed by atoms with Crippen molar-refractivity contribution in [1.82, 2.24) is 4.58 Å². The van der Waals surface area contributed by atoms with Gasteiger partial charge in [-0.1, -0.05) is 45.0 Å². The molecule has 0 unspecified atom stereocenters. The van der Waals surface area contributed by atoms with Crippen LogP contribution in [-0.4, -0.2) is 36.7 Å². The maximum atomic E-state index is 13.8. The molecule has 3 heterocycles. The smallest absolute Gasteiger partial charge is 0.338 e. The lowest BCUT2D eigenvalue weighted by molar-refractivity contribution is -2.00. The number of allylic oxidation sites excluding steroid dienone is 2. The Hall–Kier alpha value is -3.99. The molecule has 3 aromatic carbocycles. The number of fused-ring (bicyclic) bond motifs is 4. The molecular weight excluding hydrogens is 668 g/mol. The van der Waals surface area contributed by atoms with Gasteiger partial charge in [0, 0.05) is 59.6 Å². The Morgan fingerprint density at radius 1 is 0.863 bits per heavy atom. The van der Waals surface area contributed by atoms with Crippen LogP contribution in [0.2, 0.25) is 0 Å². The average Bonchev–Trinajstić information content (AvgIpc) is 2.99. The van der Waals surface area contributed by atoms with Gasteiger partial charge in [0.05, 0.1) is 23.8 Å². The van der Waals surface area contributed by atoms with E-state index in [1.54, 1.807) is 0 Å². The molecule has 6 rings (SSSR count). The number of anilines is 1. The Kier molecular flexibility index (Phi) is 10.1. The molecule has 0 spiro atoms. The number of halogens is 1. The Morgan fingerprint density at radius 3 is 2.10 bits per heavy atom. The van der Waals surface area contributed by atoms with Crippen LogP contribution in [0.1, 0.15) is 109 Å². The summed E-state index contributed by atoms with van der Waals surface area (Å²) in [6.45, 7) is 26.2. The van der Waals surface area contributed by atoms with Gasteiger partial charge in [-0.25, -0.2) is 28.0 Å². The fourth-order valence-corrected chi connectivity index (χ4v) is 7.72. The van der Waals surface area contributed by atoms with Crippen molar-refractivity contribution in [1.29, 1.82) is 0 Å². The summed E-state index contributed by atoms with van der Waals surface area (Å²) in [5, 5.41) is 2.15. The molecule has 0 aliphatic carbocycles. The monoisotopic (exact) mass is 716 g/mol. The average molecular weight is 717 g/mol. The van der Waals surface area contributed by atoms with Crippen LogP contribution in [0.15, 0.2) is 60.7 Å². The highest BCUT2D eigenvalue weighted by Crippen LogP contribution is 2.46. The maximum absolute atomic E-state index is 13.8. The summed E-state index contributed by atoms with van der Waals surface area (Å²) in [4.78, 5) is 16.2. The van der Waals surface area contributed by atoms with E-state index in [1.165, 1.54) is 33.3 Å². The Labute approximate surface area is 303 Å². The third-order valence-electron chi connectivity index (χ3n) is 9.60. The molecule has 0 fully saturated rings. The number of rotatable bonds is 5. The van der Waals surface area contributed by atoms with Crippen LogP contribution >= 0.6 is 0 Å². The first-order valence-corrected chi connectivity index (χ1v) is 18.5. The zero-order chi connectivity index (χ0) is 37.8. The van der Waals surface area contributed by atoms with Crippen LogP contribution in [0.5, 0.6) is 11.5 Å². The molecule has 0 amide bonds. The Bertz CT molecular complexity index is 2080. The molecule has 3 aromatic rings. The summed E-state index contributed by atoms with van der Waals surface area (Å²) in [6, 6.07) is 16.8. The minimum atomic E-state index is -4.94. The molecule has 3 aliphatic heterocycles. The fraction of sp³-hybridized carbons (Fsp3) is 0.415. The zero-order valence-corrected chi connectivity index (χ0v) is 32.3. The van der Waals surface area contributed by atoms with Crippen LogP contribution in [0.4, 0.5) is 5.69 Å². The summed E-state index contributed by atoms with van der Waals surface area (Å²) in [6.07, 6.45) is 4.71. The second kappa shape index (κ2) is 13.5. The van der Waals surface area contributed by atoms with Crippen molar-refractivity contribution in [3.8, 4) is 11.5 Å². The second-order valence-electron chi connectivity index (χ2n) is 15.7. The third-order valence-corrected chi connectivity index (χ3v) is 9.60. The summed E-state index contributed by atoms with van der Waals surface area (Å²) < 4.78 is 49.2. The number of likely N-dealkylation sites (N-methyl/N-ethyl adjacent to an activating group) is 2. The number of ether oxygens (including phenoxy) is 2. The molecule has 0 saturated carbocycles. The van der Waals surface area contributed by atoms with Crippen LogP contribution in [0.3, 0.4) is 0 Å². The molecule has 0 bridgehead atoms. The van der Waals surface area contributed by atoms with E-state index in [9.17, 15) is 4.79 Å². The molecule has 0 aromatic heterocycles. The molecule has 9 nitrogen and oxygen atoms in total. The molecule has 51 heavy (non-hydrogen) atoms. The Morgan fingerprint density at radius 2 is 1.49 bits per heavy atom. The molecule has 0 atom stereocenters. The van der Waals surface area contributed by atoms with E-state index in [4.69, 9.17) is 28.1 Å². The van der Waals surface area contributed by atoms with E-state index in [-0.39, 0.29) is 22.5 Å². The lowest BCUT2D eigenvalue weighted by atomic mass is 9.83. The van der Waals surface area contributed by atoms with Gasteiger partial charge in [-0.3, -0.25) is 0 Å². The first kappa shape index (κ1) is 38.2. The van der Waals surface area contributed by atoms with E-state index in [0.717, 1.165) is 46.5 Å². The summed E-state index contributed by atoms with van der Waals surface area (Å²) in [5.41, 5.74) is 9.00. The molecule has 272 valence electrons. The van der Waals surface area contributed by atoms with Crippen LogP contribution in [0, 0.1) is 15.7 Å². The van der Waals surface area contributed by atoms with Crippen molar-refractivity contribution < 1.29 is 43.1 Å². The first-order valence-electron chi connectivity index (χ1n) is 17.3. The minimum absolute atomic E-state index is 0.126. The number of nitrogens with zero attached hydrogens (tertiary/aromatic N) is 2. The normalized spacial score (nSPS) is 17.0. The lowest BCUT2D eigenvalue weighted by Crippen LogP contribution is -2.68. The van der Waals surface area contributed by atoms with Gasteiger partial charge in [-0.05, 0) is 87.9 Å². The summed E-state index contributed by atoms with van der Waals surface area (Å²) in [7, 11) is -4.94. The van der Waals surface area contributed by atoms with Crippen LogP contribution < -0.4 is 43.4 Å². The van der Waals surface area contributed by atoms with Gasteiger partial charge in [-0.2, -0.15) is 0 Å². The van der Waals surface area contributed by atoms with E-state index < -0.39 is 10.2 Å². The van der Waals surface area contributed by atoms with E-state index in [2.05, 4.69) is 128 Å². The SMILES string of the molecule is CCN1c2cc3c(cc2C(C)=CC1(C)C)C(c1ccccc1C(=O)OCC(C)(C)C)=c1cc2c(cc1O3)=[N+](CC)C(C)(C)C=C2C.[O-][Cl+3]([O-])([O-])[O-]. The number of carbonyl (C=O) groups excluding carboxylic acids is 1. The maximum Gasteiger partial charge on any atom is 0.338 e. The van der Waals surface area contributed by atoms with Crippen molar-refractivity contribution in [3.63, 3.8) is 0 Å². The Balaban J connectivity index is 0.000000943. The minimum Gasteiger partial charge on any atom is -0.462 e. The summed E-state index contributed by atoms with van der Waals surface area (Å²) in [5.74, 6) is 1.29. The van der Waals surface area contributed by atoms with Gasteiger partial charge in [-0.15, -0.1) is 10.2 Å². The molecule has 3 aliphatic rings. The van der Waals surface area contributed by atoms with Gasteiger partial charge >= 0.3 is 5.97 Å². The van der Waals surface area contributed by atoms with Gasteiger partial charge in [0.2, 0.25) is 5.36 Å². The fourth-order valence-electron chi connectivity index (χ4n) is 7.72. The third kappa shape index (κ3) is 7.78. The number of benzene rings is 3. The second-order valence-corrected chi connectivity index (χ2v) is 16.5. The molecule has 0 saturated heterocycles. The predicted octanol–water partition coefficient (Wildman–Crippen LogP) is 3.21. The predicted molar refractivity (Wildman–Crippen MR) is 190 cm³/mol. The number of esters is 1. The van der Waals surface area contributed by atoms with E-state index >= 15 is 0 Å². The molecule has 0 radical (unpaired) electrons. The quantitative estimate of drug-likeness (QED) is 0.227. The molecule has 10 heteroatoms. The van der Waals surface area contributed by atoms with Gasteiger partial charge < -0.3 is 14.4 Å². The van der Waals surface area contributed by atoms with Crippen LogP contribution in [-0.2, 0) is 4.74 Å². The summed E-state index contributed by atoms with van der Waals surface area (Å²) >= 11 is 0. The number of hydrogen-bond acceptors (Lipinski definition) is 8. The topological polar surface area (TPSA) is 134 Å². The number of carbonyl (C=O) groups is 1. The van der Waals surface area contributed by atoms with Crippen molar-refractivity contribution in [2.75, 3.05) is 24.6 Å². The lowest BCUT2D eigenvalue weighted by Gasteiger charge is -2.43. The highest BCUT2D eigenvalue weighted by molar-refractivity contribution is 6.00. The highest BCUT2D eigenvalue weighted by Gasteiger charge is 2.36. The van der Waals surface area contributed by atoms with Gasteiger partial charge in [0.1, 0.15) is 18.0 Å². The van der Waals surface area contributed by atoms with Crippen molar-refractivity contribution in [2.45, 2.75) is 87.2 Å². The van der Waals surface area contributed by atoms with Crippen molar-refractivity contribution >= 4 is 28.4 Å². The highest BCUT2D eigenvalue weighted by atomic mass is 35.7.